The summed E-state index contributed by atoms with van der Waals surface area (Å²) in [5.74, 6) is 3.21. The largest absolute Gasteiger partial charge is 0.382 e. The second kappa shape index (κ2) is 4.02. The second-order valence-electron chi connectivity index (χ2n) is 8.17. The van der Waals surface area contributed by atoms with Crippen LogP contribution >= 0.6 is 0 Å². The number of hydrogen-bond acceptors (Lipinski definition) is 1. The van der Waals surface area contributed by atoms with E-state index in [1.807, 2.05) is 0 Å². The summed E-state index contributed by atoms with van der Waals surface area (Å²) in [7, 11) is 0. The highest BCUT2D eigenvalue weighted by molar-refractivity contribution is 5.54. The molecule has 1 heteroatoms. The van der Waals surface area contributed by atoms with E-state index in [4.69, 9.17) is 0 Å². The molecule has 0 spiro atoms. The Morgan fingerprint density at radius 1 is 0.900 bits per heavy atom. The molecule has 1 N–H and O–H groups in total. The number of fused-ring (bicyclic) bond motifs is 1. The van der Waals surface area contributed by atoms with Crippen molar-refractivity contribution in [2.24, 2.45) is 23.2 Å². The molecule has 0 radical (unpaired) electrons. The maximum absolute atomic E-state index is 3.95. The van der Waals surface area contributed by atoms with Crippen molar-refractivity contribution in [1.82, 2.24) is 0 Å². The smallest absolute Gasteiger partial charge is 0.0375 e. The Morgan fingerprint density at radius 2 is 1.55 bits per heavy atom. The van der Waals surface area contributed by atoms with E-state index >= 15 is 0 Å². The Balaban J connectivity index is 1.46. The van der Waals surface area contributed by atoms with Crippen molar-refractivity contribution in [3.8, 4) is 0 Å². The summed E-state index contributed by atoms with van der Waals surface area (Å²) in [5.41, 5.74) is 3.62. The van der Waals surface area contributed by atoms with Gasteiger partial charge < -0.3 is 5.32 Å². The zero-order chi connectivity index (χ0) is 13.2. The van der Waals surface area contributed by atoms with Crippen molar-refractivity contribution < 1.29 is 0 Å². The van der Waals surface area contributed by atoms with Crippen LogP contribution in [0.4, 0.5) is 5.69 Å². The van der Waals surface area contributed by atoms with E-state index in [2.05, 4.69) is 29.6 Å². The van der Waals surface area contributed by atoms with Gasteiger partial charge in [-0.15, -0.1) is 0 Å². The fraction of sp³-hybridized carbons (Fsp3) is 0.684. The summed E-state index contributed by atoms with van der Waals surface area (Å²) in [4.78, 5) is 0. The Bertz CT molecular complexity index is 497. The highest BCUT2D eigenvalue weighted by atomic mass is 15.0. The van der Waals surface area contributed by atoms with Gasteiger partial charge in [0, 0.05) is 11.7 Å². The third-order valence-corrected chi connectivity index (χ3v) is 6.87. The molecule has 0 saturated heterocycles. The maximum Gasteiger partial charge on any atom is 0.0375 e. The standard InChI is InChI=1S/C19H25N/c1-2-4-17-16(3-1)5-6-18(20-17)19-10-13-7-14(11-19)9-15(8-13)12-19/h1-4,13-15,18,20H,5-12H2. The van der Waals surface area contributed by atoms with Crippen LogP contribution in [-0.4, -0.2) is 6.04 Å². The van der Waals surface area contributed by atoms with Crippen LogP contribution in [0.2, 0.25) is 0 Å². The second-order valence-corrected chi connectivity index (χ2v) is 8.17. The lowest BCUT2D eigenvalue weighted by molar-refractivity contribution is -0.0647. The van der Waals surface area contributed by atoms with Gasteiger partial charge in [-0.05, 0) is 86.2 Å². The van der Waals surface area contributed by atoms with Crippen LogP contribution in [-0.2, 0) is 6.42 Å². The zero-order valence-corrected chi connectivity index (χ0v) is 12.3. The molecule has 6 rings (SSSR count). The number of rotatable bonds is 1. The molecule has 1 aliphatic heterocycles. The van der Waals surface area contributed by atoms with E-state index in [9.17, 15) is 0 Å². The number of aryl methyl sites for hydroxylation is 1. The molecule has 4 fully saturated rings. The molecule has 20 heavy (non-hydrogen) atoms. The minimum atomic E-state index is 0.655. The summed E-state index contributed by atoms with van der Waals surface area (Å²) < 4.78 is 0. The van der Waals surface area contributed by atoms with E-state index < -0.39 is 0 Å². The number of anilines is 1. The molecule has 106 valence electrons. The van der Waals surface area contributed by atoms with Crippen LogP contribution in [0.3, 0.4) is 0 Å². The third-order valence-electron chi connectivity index (χ3n) is 6.87. The predicted octanol–water partition coefficient (Wildman–Crippen LogP) is 4.63. The molecule has 0 amide bonds. The minimum absolute atomic E-state index is 0.655. The average molecular weight is 267 g/mol. The predicted molar refractivity (Wildman–Crippen MR) is 82.8 cm³/mol. The molecule has 1 aromatic rings. The Labute approximate surface area is 122 Å². The van der Waals surface area contributed by atoms with Crippen molar-refractivity contribution in [3.63, 3.8) is 0 Å². The topological polar surface area (TPSA) is 12.0 Å². The van der Waals surface area contributed by atoms with Crippen LogP contribution in [0.25, 0.3) is 0 Å². The summed E-state index contributed by atoms with van der Waals surface area (Å²) >= 11 is 0. The lowest BCUT2D eigenvalue weighted by Crippen LogP contribution is -2.54. The molecular formula is C19H25N. The molecule has 4 aliphatic carbocycles. The summed E-state index contributed by atoms with van der Waals surface area (Å²) in [5, 5.41) is 3.95. The molecule has 4 saturated carbocycles. The van der Waals surface area contributed by atoms with Gasteiger partial charge in [0.15, 0.2) is 0 Å². The molecular weight excluding hydrogens is 242 g/mol. The lowest BCUT2D eigenvalue weighted by atomic mass is 9.47. The van der Waals surface area contributed by atoms with Gasteiger partial charge in [-0.3, -0.25) is 0 Å². The van der Waals surface area contributed by atoms with Crippen LogP contribution in [0.1, 0.15) is 50.5 Å². The molecule has 0 aromatic heterocycles. The molecule has 1 aromatic carbocycles. The molecule has 1 heterocycles. The highest BCUT2D eigenvalue weighted by Crippen LogP contribution is 2.62. The van der Waals surface area contributed by atoms with Gasteiger partial charge >= 0.3 is 0 Å². The minimum Gasteiger partial charge on any atom is -0.382 e. The first kappa shape index (κ1) is 11.7. The number of hydrogen-bond donors (Lipinski definition) is 1. The van der Waals surface area contributed by atoms with Crippen LogP contribution in [0, 0.1) is 23.2 Å². The normalized spacial score (nSPS) is 45.0. The van der Waals surface area contributed by atoms with Crippen molar-refractivity contribution in [2.75, 3.05) is 5.32 Å². The zero-order valence-electron chi connectivity index (χ0n) is 12.3. The van der Waals surface area contributed by atoms with Gasteiger partial charge in [0.1, 0.15) is 0 Å². The first-order chi connectivity index (χ1) is 9.81. The Kier molecular flexibility index (Phi) is 2.34. The van der Waals surface area contributed by atoms with Crippen LogP contribution < -0.4 is 5.32 Å². The van der Waals surface area contributed by atoms with Crippen molar-refractivity contribution >= 4 is 5.69 Å². The van der Waals surface area contributed by atoms with Gasteiger partial charge in [0.2, 0.25) is 0 Å². The number of benzene rings is 1. The fourth-order valence-electron chi connectivity index (χ4n) is 6.50. The summed E-state index contributed by atoms with van der Waals surface area (Å²) in [6, 6.07) is 9.73. The Morgan fingerprint density at radius 3 is 2.25 bits per heavy atom. The Hall–Kier alpha value is -0.980. The van der Waals surface area contributed by atoms with E-state index in [-0.39, 0.29) is 0 Å². The summed E-state index contributed by atoms with van der Waals surface area (Å²) in [6.07, 6.45) is 11.9. The number of nitrogens with one attached hydrogen (secondary N) is 1. The van der Waals surface area contributed by atoms with Crippen molar-refractivity contribution in [1.29, 1.82) is 0 Å². The third kappa shape index (κ3) is 1.61. The van der Waals surface area contributed by atoms with E-state index in [0.29, 0.717) is 5.41 Å². The molecule has 1 unspecified atom stereocenters. The van der Waals surface area contributed by atoms with E-state index in [1.165, 1.54) is 43.4 Å². The first-order valence-electron chi connectivity index (χ1n) is 8.65. The molecule has 1 nitrogen and oxygen atoms in total. The molecule has 1 atom stereocenters. The van der Waals surface area contributed by atoms with Gasteiger partial charge in [0.05, 0.1) is 0 Å². The lowest BCUT2D eigenvalue weighted by Gasteiger charge is -2.60. The maximum atomic E-state index is 3.95. The van der Waals surface area contributed by atoms with Crippen LogP contribution in [0.5, 0.6) is 0 Å². The van der Waals surface area contributed by atoms with E-state index in [1.54, 1.807) is 19.3 Å². The monoisotopic (exact) mass is 267 g/mol. The van der Waals surface area contributed by atoms with Crippen LogP contribution in [0.15, 0.2) is 24.3 Å². The fourth-order valence-corrected chi connectivity index (χ4v) is 6.50. The van der Waals surface area contributed by atoms with Gasteiger partial charge in [0.25, 0.3) is 0 Å². The van der Waals surface area contributed by atoms with Crippen molar-refractivity contribution in [3.05, 3.63) is 29.8 Å². The first-order valence-corrected chi connectivity index (χ1v) is 8.65. The van der Waals surface area contributed by atoms with Gasteiger partial charge in [-0.25, -0.2) is 0 Å². The van der Waals surface area contributed by atoms with Gasteiger partial charge in [-0.2, -0.15) is 0 Å². The average Bonchev–Trinajstić information content (AvgIpc) is 2.45. The van der Waals surface area contributed by atoms with E-state index in [0.717, 1.165) is 23.8 Å². The molecule has 4 bridgehead atoms. The molecule has 5 aliphatic rings. The summed E-state index contributed by atoms with van der Waals surface area (Å²) in [6.45, 7) is 0. The van der Waals surface area contributed by atoms with Crippen molar-refractivity contribution in [2.45, 2.75) is 57.4 Å². The SMILES string of the molecule is c1ccc2c(c1)CCC(C13CC4CC(CC(C4)C1)C3)N2. The quantitative estimate of drug-likeness (QED) is 0.782. The highest BCUT2D eigenvalue weighted by Gasteiger charge is 2.54. The van der Waals surface area contributed by atoms with Gasteiger partial charge in [-0.1, -0.05) is 18.2 Å². The number of para-hydroxylation sites is 1.